The predicted molar refractivity (Wildman–Crippen MR) is 86.7 cm³/mol. The standard InChI is InChI=1S/C18H29FN2/c1-4-14-6-8-15(9-7-14)21(3)18(12-20)16-11-13(2)5-10-17(16)19/h5,10-11,14-15,18H,4,6-9,12,20H2,1-3H3. The third kappa shape index (κ3) is 3.83. The van der Waals surface area contributed by atoms with E-state index >= 15 is 0 Å². The molecular weight excluding hydrogens is 263 g/mol. The van der Waals surface area contributed by atoms with E-state index in [4.69, 9.17) is 5.73 Å². The van der Waals surface area contributed by atoms with Crippen molar-refractivity contribution in [2.75, 3.05) is 13.6 Å². The van der Waals surface area contributed by atoms with Crippen LogP contribution in [-0.2, 0) is 0 Å². The van der Waals surface area contributed by atoms with Crippen LogP contribution in [0.2, 0.25) is 0 Å². The summed E-state index contributed by atoms with van der Waals surface area (Å²) in [5, 5.41) is 0. The van der Waals surface area contributed by atoms with E-state index in [1.54, 1.807) is 6.07 Å². The highest BCUT2D eigenvalue weighted by Gasteiger charge is 2.28. The lowest BCUT2D eigenvalue weighted by molar-refractivity contribution is 0.120. The average Bonchev–Trinajstić information content (AvgIpc) is 2.51. The fraction of sp³-hybridized carbons (Fsp3) is 0.667. The lowest BCUT2D eigenvalue weighted by Crippen LogP contribution is -2.41. The summed E-state index contributed by atoms with van der Waals surface area (Å²) in [4.78, 5) is 2.31. The first kappa shape index (κ1) is 16.4. The molecule has 1 saturated carbocycles. The van der Waals surface area contributed by atoms with Crippen molar-refractivity contribution < 1.29 is 4.39 Å². The van der Waals surface area contributed by atoms with Gasteiger partial charge in [0.25, 0.3) is 0 Å². The third-order valence-corrected chi connectivity index (χ3v) is 5.19. The van der Waals surface area contributed by atoms with Crippen LogP contribution in [0.1, 0.15) is 56.2 Å². The molecule has 0 saturated heterocycles. The Morgan fingerprint density at radius 1 is 1.29 bits per heavy atom. The predicted octanol–water partition coefficient (Wildman–Crippen LogP) is 4.03. The van der Waals surface area contributed by atoms with Gasteiger partial charge in [0.15, 0.2) is 0 Å². The molecule has 3 heteroatoms. The highest BCUT2D eigenvalue weighted by Crippen LogP contribution is 2.33. The van der Waals surface area contributed by atoms with E-state index in [0.29, 0.717) is 12.6 Å². The first-order valence-electron chi connectivity index (χ1n) is 8.24. The van der Waals surface area contributed by atoms with Crippen molar-refractivity contribution in [1.82, 2.24) is 4.90 Å². The van der Waals surface area contributed by atoms with Gasteiger partial charge in [0.05, 0.1) is 0 Å². The topological polar surface area (TPSA) is 29.3 Å². The Bertz CT molecular complexity index is 453. The molecule has 1 aliphatic rings. The minimum atomic E-state index is -0.134. The molecule has 1 aromatic carbocycles. The SMILES string of the molecule is CCC1CCC(N(C)C(CN)c2cc(C)ccc2F)CC1. The van der Waals surface area contributed by atoms with E-state index in [1.165, 1.54) is 32.1 Å². The van der Waals surface area contributed by atoms with E-state index < -0.39 is 0 Å². The Hall–Kier alpha value is -0.930. The van der Waals surface area contributed by atoms with Crippen LogP contribution >= 0.6 is 0 Å². The number of benzene rings is 1. The zero-order valence-electron chi connectivity index (χ0n) is 13.6. The summed E-state index contributed by atoms with van der Waals surface area (Å²) in [7, 11) is 2.11. The highest BCUT2D eigenvalue weighted by molar-refractivity contribution is 5.27. The second-order valence-electron chi connectivity index (χ2n) is 6.52. The molecule has 21 heavy (non-hydrogen) atoms. The van der Waals surface area contributed by atoms with Crippen LogP contribution in [0.25, 0.3) is 0 Å². The summed E-state index contributed by atoms with van der Waals surface area (Å²) in [5.74, 6) is 0.742. The second kappa shape index (κ2) is 7.37. The van der Waals surface area contributed by atoms with E-state index in [9.17, 15) is 4.39 Å². The molecule has 1 aliphatic carbocycles. The molecule has 0 radical (unpaired) electrons. The van der Waals surface area contributed by atoms with Gasteiger partial charge in [0, 0.05) is 24.2 Å². The summed E-state index contributed by atoms with van der Waals surface area (Å²) in [6.07, 6.45) is 6.28. The Morgan fingerprint density at radius 3 is 2.52 bits per heavy atom. The zero-order chi connectivity index (χ0) is 15.4. The first-order valence-corrected chi connectivity index (χ1v) is 8.24. The number of likely N-dealkylation sites (N-methyl/N-ethyl adjacent to an activating group) is 1. The molecule has 0 amide bonds. The molecule has 0 heterocycles. The largest absolute Gasteiger partial charge is 0.329 e. The maximum Gasteiger partial charge on any atom is 0.128 e. The molecule has 118 valence electrons. The summed E-state index contributed by atoms with van der Waals surface area (Å²) in [6.45, 7) is 4.74. The quantitative estimate of drug-likeness (QED) is 0.887. The highest BCUT2D eigenvalue weighted by atomic mass is 19.1. The summed E-state index contributed by atoms with van der Waals surface area (Å²) < 4.78 is 14.2. The van der Waals surface area contributed by atoms with Crippen LogP contribution in [0.15, 0.2) is 18.2 Å². The molecule has 0 aromatic heterocycles. The van der Waals surface area contributed by atoms with Gasteiger partial charge in [-0.25, -0.2) is 4.39 Å². The fourth-order valence-electron chi connectivity index (χ4n) is 3.65. The van der Waals surface area contributed by atoms with Gasteiger partial charge in [-0.1, -0.05) is 31.0 Å². The molecule has 1 unspecified atom stereocenters. The van der Waals surface area contributed by atoms with Crippen LogP contribution in [0.4, 0.5) is 4.39 Å². The Labute approximate surface area is 128 Å². The zero-order valence-corrected chi connectivity index (χ0v) is 13.6. The molecule has 0 aliphatic heterocycles. The van der Waals surface area contributed by atoms with Crippen molar-refractivity contribution in [3.63, 3.8) is 0 Å². The van der Waals surface area contributed by atoms with Crippen LogP contribution in [-0.4, -0.2) is 24.5 Å². The smallest absolute Gasteiger partial charge is 0.128 e. The second-order valence-corrected chi connectivity index (χ2v) is 6.52. The van der Waals surface area contributed by atoms with Crippen molar-refractivity contribution in [3.05, 3.63) is 35.1 Å². The van der Waals surface area contributed by atoms with Gasteiger partial charge in [0.1, 0.15) is 5.82 Å². The number of hydrogen-bond acceptors (Lipinski definition) is 2. The number of halogens is 1. The maximum absolute atomic E-state index is 14.2. The van der Waals surface area contributed by atoms with Gasteiger partial charge in [-0.15, -0.1) is 0 Å². The van der Waals surface area contributed by atoms with Crippen molar-refractivity contribution in [3.8, 4) is 0 Å². The van der Waals surface area contributed by atoms with Crippen molar-refractivity contribution in [2.24, 2.45) is 11.7 Å². The lowest BCUT2D eigenvalue weighted by atomic mass is 9.83. The van der Waals surface area contributed by atoms with Crippen molar-refractivity contribution in [1.29, 1.82) is 0 Å². The monoisotopic (exact) mass is 292 g/mol. The minimum absolute atomic E-state index is 0.0203. The van der Waals surface area contributed by atoms with Gasteiger partial charge in [-0.05, 0) is 51.6 Å². The van der Waals surface area contributed by atoms with Crippen LogP contribution < -0.4 is 5.73 Å². The number of nitrogens with zero attached hydrogens (tertiary/aromatic N) is 1. The Kier molecular flexibility index (Phi) is 5.77. The molecule has 2 N–H and O–H groups in total. The van der Waals surface area contributed by atoms with Gasteiger partial charge in [0.2, 0.25) is 0 Å². The molecule has 1 aromatic rings. The van der Waals surface area contributed by atoms with E-state index in [-0.39, 0.29) is 11.9 Å². The van der Waals surface area contributed by atoms with Crippen LogP contribution in [0.5, 0.6) is 0 Å². The molecular formula is C18H29FN2. The Balaban J connectivity index is 2.11. The molecule has 0 spiro atoms. The van der Waals surface area contributed by atoms with Gasteiger partial charge in [-0.3, -0.25) is 4.90 Å². The fourth-order valence-corrected chi connectivity index (χ4v) is 3.65. The third-order valence-electron chi connectivity index (χ3n) is 5.19. The summed E-state index contributed by atoms with van der Waals surface area (Å²) >= 11 is 0. The van der Waals surface area contributed by atoms with Crippen molar-refractivity contribution in [2.45, 2.75) is 58.0 Å². The van der Waals surface area contributed by atoms with E-state index in [0.717, 1.165) is 17.0 Å². The Morgan fingerprint density at radius 2 is 1.95 bits per heavy atom. The first-order chi connectivity index (χ1) is 10.1. The van der Waals surface area contributed by atoms with E-state index in [1.807, 2.05) is 19.1 Å². The molecule has 2 rings (SSSR count). The van der Waals surface area contributed by atoms with Crippen LogP contribution in [0, 0.1) is 18.7 Å². The maximum atomic E-state index is 14.2. The summed E-state index contributed by atoms with van der Waals surface area (Å²) in [5.41, 5.74) is 7.81. The number of rotatable bonds is 5. The van der Waals surface area contributed by atoms with Gasteiger partial charge in [-0.2, -0.15) is 0 Å². The van der Waals surface area contributed by atoms with Crippen molar-refractivity contribution >= 4 is 0 Å². The number of nitrogens with two attached hydrogens (primary N) is 1. The normalized spacial score (nSPS) is 24.3. The minimum Gasteiger partial charge on any atom is -0.329 e. The van der Waals surface area contributed by atoms with Gasteiger partial charge >= 0.3 is 0 Å². The molecule has 2 nitrogen and oxygen atoms in total. The number of aryl methyl sites for hydroxylation is 1. The van der Waals surface area contributed by atoms with Gasteiger partial charge < -0.3 is 5.73 Å². The van der Waals surface area contributed by atoms with E-state index in [2.05, 4.69) is 18.9 Å². The number of hydrogen-bond donors (Lipinski definition) is 1. The molecule has 1 atom stereocenters. The molecule has 0 bridgehead atoms. The molecule has 1 fully saturated rings. The van der Waals surface area contributed by atoms with Crippen LogP contribution in [0.3, 0.4) is 0 Å². The summed E-state index contributed by atoms with van der Waals surface area (Å²) in [6, 6.07) is 5.84. The average molecular weight is 292 g/mol. The lowest BCUT2D eigenvalue weighted by Gasteiger charge is -2.39.